The van der Waals surface area contributed by atoms with Crippen LogP contribution in [-0.2, 0) is 23.1 Å². The molecule has 0 N–H and O–H groups in total. The number of hydrogen-bond acceptors (Lipinski definition) is 5. The Morgan fingerprint density at radius 2 is 1.46 bits per heavy atom. The van der Waals surface area contributed by atoms with E-state index in [2.05, 4.69) is 4.89 Å². The maximum Gasteiger partial charge on any atom is 0.500 e. The lowest BCUT2D eigenvalue weighted by atomic mass is 10.5. The van der Waals surface area contributed by atoms with Crippen molar-refractivity contribution in [1.29, 1.82) is 0 Å². The summed E-state index contributed by atoms with van der Waals surface area (Å²) in [6.45, 7) is 0.515. The molecule has 0 radical (unpaired) electrons. The third kappa shape index (κ3) is 4.70. The normalized spacial score (nSPS) is 12.0. The summed E-state index contributed by atoms with van der Waals surface area (Å²) in [6, 6.07) is 0.722. The van der Waals surface area contributed by atoms with Gasteiger partial charge in [-0.15, -0.1) is 0 Å². The first-order chi connectivity index (χ1) is 6.24. The van der Waals surface area contributed by atoms with E-state index in [-0.39, 0.29) is 0 Å². The van der Waals surface area contributed by atoms with Crippen LogP contribution >= 0.6 is 0 Å². The topological polar surface area (TPSA) is 46.2 Å². The van der Waals surface area contributed by atoms with E-state index in [1.54, 1.807) is 21.3 Å². The molecule has 0 aliphatic rings. The smallest absolute Gasteiger partial charge is 0.377 e. The van der Waals surface area contributed by atoms with E-state index < -0.39 is 8.80 Å². The average molecular weight is 210 g/mol. The summed E-state index contributed by atoms with van der Waals surface area (Å²) in [5.74, 6) is 0. The average Bonchev–Trinajstić information content (AvgIpc) is 2.20. The Hall–Kier alpha value is 0.0169. The Balaban J connectivity index is 3.68. The van der Waals surface area contributed by atoms with Gasteiger partial charge in [-0.2, -0.15) is 0 Å². The summed E-state index contributed by atoms with van der Waals surface area (Å²) in [5.41, 5.74) is 0. The van der Waals surface area contributed by atoms with Crippen LogP contribution < -0.4 is 0 Å². The maximum atomic E-state index is 5.21. The van der Waals surface area contributed by atoms with Gasteiger partial charge in [0.2, 0.25) is 0 Å². The zero-order chi connectivity index (χ0) is 10.2. The predicted molar refractivity (Wildman–Crippen MR) is 49.2 cm³/mol. The Morgan fingerprint density at radius 1 is 0.923 bits per heavy atom. The molecule has 0 aromatic rings. The van der Waals surface area contributed by atoms with Crippen LogP contribution in [0.2, 0.25) is 6.04 Å². The van der Waals surface area contributed by atoms with Gasteiger partial charge in [-0.05, 0) is 6.42 Å². The van der Waals surface area contributed by atoms with Crippen LogP contribution in [0.4, 0.5) is 0 Å². The Morgan fingerprint density at radius 3 is 1.85 bits per heavy atom. The number of hydrogen-bond donors (Lipinski definition) is 0. The van der Waals surface area contributed by atoms with E-state index in [1.165, 1.54) is 7.11 Å². The zero-order valence-corrected chi connectivity index (χ0v) is 9.66. The van der Waals surface area contributed by atoms with E-state index in [0.717, 1.165) is 12.5 Å². The molecule has 0 heterocycles. The molecule has 0 saturated carbocycles. The molecule has 5 nitrogen and oxygen atoms in total. The van der Waals surface area contributed by atoms with Gasteiger partial charge < -0.3 is 13.3 Å². The second-order valence-electron chi connectivity index (χ2n) is 2.39. The van der Waals surface area contributed by atoms with E-state index in [9.17, 15) is 0 Å². The summed E-state index contributed by atoms with van der Waals surface area (Å²) >= 11 is 0. The molecule has 13 heavy (non-hydrogen) atoms. The quantitative estimate of drug-likeness (QED) is 0.257. The first-order valence-electron chi connectivity index (χ1n) is 4.05. The Bertz CT molecular complexity index is 109. The zero-order valence-electron chi connectivity index (χ0n) is 8.66. The van der Waals surface area contributed by atoms with E-state index in [0.29, 0.717) is 6.61 Å². The predicted octanol–water partition coefficient (Wildman–Crippen LogP) is 0.833. The summed E-state index contributed by atoms with van der Waals surface area (Å²) in [6.07, 6.45) is 0.787. The van der Waals surface area contributed by atoms with Gasteiger partial charge in [0, 0.05) is 27.4 Å². The molecule has 6 heteroatoms. The summed E-state index contributed by atoms with van der Waals surface area (Å²) < 4.78 is 15.6. The highest BCUT2D eigenvalue weighted by Gasteiger charge is 2.36. The van der Waals surface area contributed by atoms with Gasteiger partial charge in [-0.1, -0.05) is 0 Å². The van der Waals surface area contributed by atoms with Gasteiger partial charge in [-0.3, -0.25) is 0 Å². The molecule has 0 bridgehead atoms. The van der Waals surface area contributed by atoms with Crippen molar-refractivity contribution in [2.75, 3.05) is 35.0 Å². The fourth-order valence-electron chi connectivity index (χ4n) is 0.987. The van der Waals surface area contributed by atoms with Crippen molar-refractivity contribution in [3.8, 4) is 0 Å². The summed E-state index contributed by atoms with van der Waals surface area (Å²) in [5, 5.41) is 0. The Labute approximate surface area is 80.2 Å². The third-order valence-corrected chi connectivity index (χ3v) is 4.59. The molecule has 80 valence electrons. The van der Waals surface area contributed by atoms with Crippen molar-refractivity contribution in [3.63, 3.8) is 0 Å². The van der Waals surface area contributed by atoms with Crippen molar-refractivity contribution in [1.82, 2.24) is 0 Å². The van der Waals surface area contributed by atoms with Crippen LogP contribution in [0.3, 0.4) is 0 Å². The lowest BCUT2D eigenvalue weighted by molar-refractivity contribution is -0.272. The summed E-state index contributed by atoms with van der Waals surface area (Å²) in [4.78, 5) is 9.17. The van der Waals surface area contributed by atoms with Gasteiger partial charge in [0.15, 0.2) is 0 Å². The standard InChI is InChI=1S/C7H18O5Si/c1-8-12-6-5-7-13(9-2,10-3)11-4/h5-7H2,1-4H3. The van der Waals surface area contributed by atoms with Gasteiger partial charge >= 0.3 is 8.80 Å². The fourth-order valence-corrected chi connectivity index (χ4v) is 2.68. The van der Waals surface area contributed by atoms with E-state index >= 15 is 0 Å². The fraction of sp³-hybridized carbons (Fsp3) is 1.00. The first kappa shape index (κ1) is 13.0. The molecular formula is C7H18O5Si. The van der Waals surface area contributed by atoms with Crippen molar-refractivity contribution < 1.29 is 23.1 Å². The minimum atomic E-state index is -2.40. The molecular weight excluding hydrogens is 192 g/mol. The lowest BCUT2D eigenvalue weighted by Gasteiger charge is -2.23. The third-order valence-electron chi connectivity index (χ3n) is 1.76. The highest BCUT2D eigenvalue weighted by Crippen LogP contribution is 2.14. The van der Waals surface area contributed by atoms with E-state index in [1.807, 2.05) is 0 Å². The lowest BCUT2D eigenvalue weighted by Crippen LogP contribution is -2.42. The molecule has 0 aromatic heterocycles. The molecule has 0 aliphatic carbocycles. The largest absolute Gasteiger partial charge is 0.500 e. The molecule has 0 fully saturated rings. The van der Waals surface area contributed by atoms with Crippen LogP contribution in [0.15, 0.2) is 0 Å². The van der Waals surface area contributed by atoms with Crippen LogP contribution in [0.5, 0.6) is 0 Å². The molecule has 0 atom stereocenters. The number of rotatable bonds is 8. The maximum absolute atomic E-state index is 5.21. The Kier molecular flexibility index (Phi) is 7.43. The molecule has 0 saturated heterocycles. The van der Waals surface area contributed by atoms with Gasteiger partial charge in [0.25, 0.3) is 0 Å². The molecule has 0 unspecified atom stereocenters. The van der Waals surface area contributed by atoms with Gasteiger partial charge in [0.1, 0.15) is 0 Å². The van der Waals surface area contributed by atoms with Crippen LogP contribution in [0.1, 0.15) is 6.42 Å². The van der Waals surface area contributed by atoms with Crippen molar-refractivity contribution in [2.24, 2.45) is 0 Å². The van der Waals surface area contributed by atoms with Crippen LogP contribution in [0, 0.1) is 0 Å². The second-order valence-corrected chi connectivity index (χ2v) is 5.48. The first-order valence-corrected chi connectivity index (χ1v) is 5.99. The van der Waals surface area contributed by atoms with Crippen molar-refractivity contribution in [3.05, 3.63) is 0 Å². The van der Waals surface area contributed by atoms with E-state index in [4.69, 9.17) is 18.2 Å². The van der Waals surface area contributed by atoms with Crippen molar-refractivity contribution in [2.45, 2.75) is 12.5 Å². The minimum absolute atomic E-state index is 0.515. The second kappa shape index (κ2) is 7.42. The monoisotopic (exact) mass is 210 g/mol. The summed E-state index contributed by atoms with van der Waals surface area (Å²) in [7, 11) is 3.86. The molecule has 0 aromatic carbocycles. The molecule has 0 rings (SSSR count). The van der Waals surface area contributed by atoms with Crippen molar-refractivity contribution >= 4 is 8.80 Å². The molecule has 0 aliphatic heterocycles. The minimum Gasteiger partial charge on any atom is -0.377 e. The molecule has 0 amide bonds. The molecule has 0 spiro atoms. The van der Waals surface area contributed by atoms with Gasteiger partial charge in [-0.25, -0.2) is 9.78 Å². The van der Waals surface area contributed by atoms with Crippen LogP contribution in [-0.4, -0.2) is 43.9 Å². The SMILES string of the molecule is COOCCC[Si](OC)(OC)OC. The van der Waals surface area contributed by atoms with Gasteiger partial charge in [0.05, 0.1) is 13.7 Å². The van der Waals surface area contributed by atoms with Crippen LogP contribution in [0.25, 0.3) is 0 Å². The highest BCUT2D eigenvalue weighted by atomic mass is 28.4. The highest BCUT2D eigenvalue weighted by molar-refractivity contribution is 6.60.